The van der Waals surface area contributed by atoms with Crippen LogP contribution in [-0.4, -0.2) is 38.3 Å². The highest BCUT2D eigenvalue weighted by molar-refractivity contribution is 5.75. The zero-order valence-electron chi connectivity index (χ0n) is 11.7. The van der Waals surface area contributed by atoms with Crippen LogP contribution in [0.5, 0.6) is 0 Å². The van der Waals surface area contributed by atoms with Gasteiger partial charge in [0.2, 0.25) is 0 Å². The fraction of sp³-hybridized carbons (Fsp3) is 0.429. The summed E-state index contributed by atoms with van der Waals surface area (Å²) in [7, 11) is 1.33. The summed E-state index contributed by atoms with van der Waals surface area (Å²) in [6.45, 7) is 2.75. The van der Waals surface area contributed by atoms with E-state index in [0.717, 1.165) is 5.56 Å². The van der Waals surface area contributed by atoms with Gasteiger partial charge in [-0.05, 0) is 12.5 Å². The standard InChI is InChI=1S/C14H20N2O4/c1-11(13(17)19-2)15-8-9-16-14(18)20-10-12-6-4-3-5-7-12/h3-7,11,15H,8-10H2,1-2H3,(H,16,18)/t11-/m1/s1. The summed E-state index contributed by atoms with van der Waals surface area (Å²) in [5.74, 6) is -0.336. The Morgan fingerprint density at radius 3 is 2.55 bits per heavy atom. The summed E-state index contributed by atoms with van der Waals surface area (Å²) in [4.78, 5) is 22.5. The largest absolute Gasteiger partial charge is 0.468 e. The molecule has 0 fully saturated rings. The Morgan fingerprint density at radius 2 is 1.90 bits per heavy atom. The molecule has 2 N–H and O–H groups in total. The first-order valence-corrected chi connectivity index (χ1v) is 6.39. The number of rotatable bonds is 7. The number of carbonyl (C=O) groups is 2. The molecule has 1 rings (SSSR count). The third-order valence-corrected chi connectivity index (χ3v) is 2.61. The minimum atomic E-state index is -0.485. The maximum absolute atomic E-state index is 11.4. The van der Waals surface area contributed by atoms with E-state index in [1.54, 1.807) is 6.92 Å². The molecule has 1 atom stereocenters. The zero-order valence-corrected chi connectivity index (χ0v) is 11.7. The normalized spacial score (nSPS) is 11.5. The quantitative estimate of drug-likeness (QED) is 0.577. The van der Waals surface area contributed by atoms with Crippen LogP contribution in [0.4, 0.5) is 4.79 Å². The van der Waals surface area contributed by atoms with Crippen molar-refractivity contribution in [1.29, 1.82) is 0 Å². The molecule has 1 aromatic rings. The van der Waals surface area contributed by atoms with E-state index >= 15 is 0 Å². The SMILES string of the molecule is COC(=O)[C@@H](C)NCCNC(=O)OCc1ccccc1. The number of amides is 1. The number of esters is 1. The lowest BCUT2D eigenvalue weighted by Crippen LogP contribution is -2.40. The molecule has 110 valence electrons. The van der Waals surface area contributed by atoms with E-state index in [1.807, 2.05) is 30.3 Å². The van der Waals surface area contributed by atoms with Crippen molar-refractivity contribution < 1.29 is 19.1 Å². The number of hydrogen-bond donors (Lipinski definition) is 2. The molecule has 0 aromatic heterocycles. The molecule has 0 spiro atoms. The van der Waals surface area contributed by atoms with Gasteiger partial charge in [-0.25, -0.2) is 4.79 Å². The Hall–Kier alpha value is -2.08. The van der Waals surface area contributed by atoms with E-state index in [9.17, 15) is 9.59 Å². The van der Waals surface area contributed by atoms with Crippen LogP contribution in [-0.2, 0) is 20.9 Å². The highest BCUT2D eigenvalue weighted by Crippen LogP contribution is 2.00. The topological polar surface area (TPSA) is 76.7 Å². The number of nitrogens with one attached hydrogen (secondary N) is 2. The van der Waals surface area contributed by atoms with E-state index < -0.39 is 12.1 Å². The smallest absolute Gasteiger partial charge is 0.407 e. The highest BCUT2D eigenvalue weighted by Gasteiger charge is 2.11. The summed E-state index contributed by atoms with van der Waals surface area (Å²) >= 11 is 0. The van der Waals surface area contributed by atoms with Crippen LogP contribution in [0.1, 0.15) is 12.5 Å². The third kappa shape index (κ3) is 6.19. The first-order chi connectivity index (χ1) is 9.63. The van der Waals surface area contributed by atoms with E-state index in [2.05, 4.69) is 15.4 Å². The second-order valence-corrected chi connectivity index (χ2v) is 4.19. The number of hydrogen-bond acceptors (Lipinski definition) is 5. The predicted octanol–water partition coefficient (Wildman–Crippen LogP) is 1.06. The van der Waals surface area contributed by atoms with Gasteiger partial charge in [0, 0.05) is 13.1 Å². The average Bonchev–Trinajstić information content (AvgIpc) is 2.49. The van der Waals surface area contributed by atoms with Gasteiger partial charge in [-0.2, -0.15) is 0 Å². The Balaban J connectivity index is 2.10. The van der Waals surface area contributed by atoms with Crippen LogP contribution < -0.4 is 10.6 Å². The summed E-state index contributed by atoms with van der Waals surface area (Å²) < 4.78 is 9.60. The fourth-order valence-corrected chi connectivity index (χ4v) is 1.49. The van der Waals surface area contributed by atoms with E-state index in [1.165, 1.54) is 7.11 Å². The minimum absolute atomic E-state index is 0.235. The lowest BCUT2D eigenvalue weighted by atomic mass is 10.2. The van der Waals surface area contributed by atoms with Gasteiger partial charge >= 0.3 is 12.1 Å². The molecule has 0 aliphatic heterocycles. The molecular formula is C14H20N2O4. The van der Waals surface area contributed by atoms with Crippen LogP contribution in [0.15, 0.2) is 30.3 Å². The minimum Gasteiger partial charge on any atom is -0.468 e. The molecule has 0 heterocycles. The monoisotopic (exact) mass is 280 g/mol. The molecule has 0 radical (unpaired) electrons. The molecule has 1 aromatic carbocycles. The molecule has 0 saturated carbocycles. The first-order valence-electron chi connectivity index (χ1n) is 6.39. The van der Waals surface area contributed by atoms with E-state index in [-0.39, 0.29) is 12.6 Å². The van der Waals surface area contributed by atoms with Gasteiger partial charge in [-0.1, -0.05) is 30.3 Å². The molecule has 0 aliphatic carbocycles. The molecule has 6 heteroatoms. The van der Waals surface area contributed by atoms with Crippen molar-refractivity contribution in [2.45, 2.75) is 19.6 Å². The molecule has 0 unspecified atom stereocenters. The second kappa shape index (κ2) is 8.92. The summed E-state index contributed by atoms with van der Waals surface area (Å²) in [5, 5.41) is 5.51. The maximum atomic E-state index is 11.4. The fourth-order valence-electron chi connectivity index (χ4n) is 1.49. The van der Waals surface area contributed by atoms with Crippen LogP contribution >= 0.6 is 0 Å². The van der Waals surface area contributed by atoms with Gasteiger partial charge in [0.15, 0.2) is 0 Å². The van der Waals surface area contributed by atoms with Gasteiger partial charge in [0.1, 0.15) is 12.6 Å². The first kappa shape index (κ1) is 16.0. The van der Waals surface area contributed by atoms with Crippen molar-refractivity contribution >= 4 is 12.1 Å². The third-order valence-electron chi connectivity index (χ3n) is 2.61. The van der Waals surface area contributed by atoms with Crippen molar-refractivity contribution in [3.05, 3.63) is 35.9 Å². The number of carbonyl (C=O) groups excluding carboxylic acids is 2. The van der Waals surface area contributed by atoms with Gasteiger partial charge < -0.3 is 20.1 Å². The Labute approximate surface area is 118 Å². The van der Waals surface area contributed by atoms with Crippen molar-refractivity contribution in [2.75, 3.05) is 20.2 Å². The summed E-state index contributed by atoms with van der Waals surface area (Å²) in [6.07, 6.45) is -0.485. The van der Waals surface area contributed by atoms with Gasteiger partial charge in [-0.15, -0.1) is 0 Å². The molecule has 0 bridgehead atoms. The maximum Gasteiger partial charge on any atom is 0.407 e. The highest BCUT2D eigenvalue weighted by atomic mass is 16.5. The lowest BCUT2D eigenvalue weighted by molar-refractivity contribution is -0.142. The summed E-state index contributed by atoms with van der Waals surface area (Å²) in [6, 6.07) is 9.03. The molecular weight excluding hydrogens is 260 g/mol. The van der Waals surface area contributed by atoms with Crippen molar-refractivity contribution in [3.63, 3.8) is 0 Å². The number of ether oxygens (including phenoxy) is 2. The van der Waals surface area contributed by atoms with Crippen LogP contribution in [0, 0.1) is 0 Å². The number of benzene rings is 1. The Kier molecular flexibility index (Phi) is 7.13. The number of methoxy groups -OCH3 is 1. The summed E-state index contributed by atoms with van der Waals surface area (Å²) in [5.41, 5.74) is 0.931. The second-order valence-electron chi connectivity index (χ2n) is 4.19. The molecule has 1 amide bonds. The van der Waals surface area contributed by atoms with Crippen LogP contribution in [0.25, 0.3) is 0 Å². The average molecular weight is 280 g/mol. The van der Waals surface area contributed by atoms with Crippen LogP contribution in [0.2, 0.25) is 0 Å². The van der Waals surface area contributed by atoms with Crippen molar-refractivity contribution in [3.8, 4) is 0 Å². The van der Waals surface area contributed by atoms with Crippen molar-refractivity contribution in [1.82, 2.24) is 10.6 Å². The van der Waals surface area contributed by atoms with Crippen molar-refractivity contribution in [2.24, 2.45) is 0 Å². The van der Waals surface area contributed by atoms with E-state index in [0.29, 0.717) is 13.1 Å². The Bertz CT molecular complexity index is 422. The molecule has 20 heavy (non-hydrogen) atoms. The predicted molar refractivity (Wildman–Crippen MR) is 74.1 cm³/mol. The zero-order chi connectivity index (χ0) is 14.8. The molecule has 0 saturated heterocycles. The molecule has 0 aliphatic rings. The molecule has 6 nitrogen and oxygen atoms in total. The number of alkyl carbamates (subject to hydrolysis) is 1. The van der Waals surface area contributed by atoms with Gasteiger partial charge in [0.05, 0.1) is 7.11 Å². The lowest BCUT2D eigenvalue weighted by Gasteiger charge is -2.12. The Morgan fingerprint density at radius 1 is 1.20 bits per heavy atom. The van der Waals surface area contributed by atoms with Gasteiger partial charge in [0.25, 0.3) is 0 Å². The van der Waals surface area contributed by atoms with Gasteiger partial charge in [-0.3, -0.25) is 4.79 Å². The van der Waals surface area contributed by atoms with E-state index in [4.69, 9.17) is 4.74 Å². The van der Waals surface area contributed by atoms with Crippen LogP contribution in [0.3, 0.4) is 0 Å².